The SMILES string of the molecule is CC1=NN(c2ccccc2)C(=O)[C@]12Cc1ccc(Cl)cc1N1CC[C@@H](Cc3ccccc3)C[C@@H]12. The molecule has 3 aromatic carbocycles. The predicted octanol–water partition coefficient (Wildman–Crippen LogP) is 6.13. The van der Waals surface area contributed by atoms with Gasteiger partial charge < -0.3 is 4.90 Å². The van der Waals surface area contributed by atoms with Crippen LogP contribution in [0.4, 0.5) is 11.4 Å². The Morgan fingerprint density at radius 3 is 2.53 bits per heavy atom. The van der Waals surface area contributed by atoms with Crippen LogP contribution in [-0.4, -0.2) is 24.2 Å². The van der Waals surface area contributed by atoms with Crippen molar-refractivity contribution in [3.05, 3.63) is 95.0 Å². The maximum absolute atomic E-state index is 14.2. The fourth-order valence-corrected chi connectivity index (χ4v) is 6.42. The van der Waals surface area contributed by atoms with Crippen molar-refractivity contribution in [2.24, 2.45) is 16.4 Å². The third-order valence-corrected chi connectivity index (χ3v) is 8.18. The van der Waals surface area contributed by atoms with Crippen molar-refractivity contribution in [1.82, 2.24) is 0 Å². The van der Waals surface area contributed by atoms with E-state index < -0.39 is 5.41 Å². The number of fused-ring (bicyclic) bond motifs is 4. The van der Waals surface area contributed by atoms with Gasteiger partial charge in [0.15, 0.2) is 0 Å². The van der Waals surface area contributed by atoms with E-state index >= 15 is 0 Å². The summed E-state index contributed by atoms with van der Waals surface area (Å²) in [6.07, 6.45) is 3.76. The van der Waals surface area contributed by atoms with Crippen LogP contribution in [0, 0.1) is 11.3 Å². The second kappa shape index (κ2) is 8.28. The van der Waals surface area contributed by atoms with Gasteiger partial charge in [-0.1, -0.05) is 66.2 Å². The molecule has 34 heavy (non-hydrogen) atoms. The second-order valence-electron chi connectivity index (χ2n) is 9.85. The first kappa shape index (κ1) is 21.4. The van der Waals surface area contributed by atoms with Crippen molar-refractivity contribution in [2.45, 2.75) is 38.6 Å². The lowest BCUT2D eigenvalue weighted by Crippen LogP contribution is -2.62. The van der Waals surface area contributed by atoms with Crippen LogP contribution in [0.1, 0.15) is 30.9 Å². The Hall–Kier alpha value is -3.11. The number of hydrazone groups is 1. The first-order valence-corrected chi connectivity index (χ1v) is 12.5. The number of carbonyl (C=O) groups is 1. The summed E-state index contributed by atoms with van der Waals surface area (Å²) in [6.45, 7) is 2.96. The maximum Gasteiger partial charge on any atom is 0.261 e. The number of anilines is 2. The molecular formula is C29H28ClN3O. The summed E-state index contributed by atoms with van der Waals surface area (Å²) in [5.74, 6) is 0.611. The molecule has 3 aliphatic heterocycles. The van der Waals surface area contributed by atoms with Crippen molar-refractivity contribution >= 4 is 34.6 Å². The van der Waals surface area contributed by atoms with Gasteiger partial charge in [-0.3, -0.25) is 4.79 Å². The minimum Gasteiger partial charge on any atom is -0.367 e. The third kappa shape index (κ3) is 3.35. The summed E-state index contributed by atoms with van der Waals surface area (Å²) in [5, 5.41) is 7.23. The van der Waals surface area contributed by atoms with Gasteiger partial charge in [-0.05, 0) is 73.9 Å². The lowest BCUT2D eigenvalue weighted by molar-refractivity contribution is -0.125. The number of nitrogens with zero attached hydrogens (tertiary/aromatic N) is 3. The quantitative estimate of drug-likeness (QED) is 0.462. The van der Waals surface area contributed by atoms with Crippen molar-refractivity contribution in [3.63, 3.8) is 0 Å². The van der Waals surface area contributed by atoms with E-state index in [1.807, 2.05) is 43.3 Å². The highest BCUT2D eigenvalue weighted by Crippen LogP contribution is 2.51. The minimum absolute atomic E-state index is 0.0610. The molecule has 3 atom stereocenters. The Morgan fingerprint density at radius 2 is 1.76 bits per heavy atom. The smallest absolute Gasteiger partial charge is 0.261 e. The van der Waals surface area contributed by atoms with Crippen molar-refractivity contribution in [3.8, 4) is 0 Å². The fourth-order valence-electron chi connectivity index (χ4n) is 6.26. The van der Waals surface area contributed by atoms with Gasteiger partial charge in [-0.2, -0.15) is 10.1 Å². The molecule has 5 heteroatoms. The highest BCUT2D eigenvalue weighted by atomic mass is 35.5. The number of amides is 1. The minimum atomic E-state index is -0.661. The molecule has 0 aromatic heterocycles. The standard InChI is InChI=1S/C29H28ClN3O/c1-20-29(28(34)33(31-20)25-10-6-3-7-11-25)19-23-12-13-24(30)18-26(23)32-15-14-22(17-27(29)32)16-21-8-4-2-5-9-21/h2-13,18,22,27H,14-17,19H2,1H3/t22-,27+,29+/m0/s1. The number of hydrogen-bond donors (Lipinski definition) is 0. The van der Waals surface area contributed by atoms with E-state index in [2.05, 4.69) is 47.4 Å². The molecule has 172 valence electrons. The Labute approximate surface area is 205 Å². The van der Waals surface area contributed by atoms with E-state index in [4.69, 9.17) is 16.7 Å². The summed E-state index contributed by atoms with van der Waals surface area (Å²) >= 11 is 6.43. The molecule has 0 radical (unpaired) electrons. The number of rotatable bonds is 3. The molecule has 0 aliphatic carbocycles. The number of para-hydroxylation sites is 1. The molecule has 1 fully saturated rings. The summed E-state index contributed by atoms with van der Waals surface area (Å²) < 4.78 is 0. The molecule has 3 aromatic rings. The van der Waals surface area contributed by atoms with Gasteiger partial charge in [0.05, 0.1) is 11.4 Å². The first-order valence-electron chi connectivity index (χ1n) is 12.1. The van der Waals surface area contributed by atoms with Gasteiger partial charge >= 0.3 is 0 Å². The van der Waals surface area contributed by atoms with Gasteiger partial charge in [0.2, 0.25) is 0 Å². The number of benzene rings is 3. The van der Waals surface area contributed by atoms with Crippen LogP contribution in [0.3, 0.4) is 0 Å². The average molecular weight is 470 g/mol. The largest absolute Gasteiger partial charge is 0.367 e. The third-order valence-electron chi connectivity index (χ3n) is 7.94. The summed E-state index contributed by atoms with van der Waals surface area (Å²) in [6, 6.07) is 26.7. The van der Waals surface area contributed by atoms with Crippen molar-refractivity contribution < 1.29 is 4.79 Å². The Kier molecular flexibility index (Phi) is 5.22. The van der Waals surface area contributed by atoms with E-state index in [9.17, 15) is 4.79 Å². The highest BCUT2D eigenvalue weighted by Gasteiger charge is 2.59. The molecule has 0 unspecified atom stereocenters. The zero-order valence-electron chi connectivity index (χ0n) is 19.3. The summed E-state index contributed by atoms with van der Waals surface area (Å²) in [7, 11) is 0. The molecule has 6 rings (SSSR count). The molecule has 1 amide bonds. The molecule has 0 bridgehead atoms. The zero-order chi connectivity index (χ0) is 23.3. The lowest BCUT2D eigenvalue weighted by atomic mass is 9.64. The normalized spacial score (nSPS) is 25.8. The second-order valence-corrected chi connectivity index (χ2v) is 10.3. The summed E-state index contributed by atoms with van der Waals surface area (Å²) in [5.41, 5.74) is 4.81. The number of piperidine rings is 1. The topological polar surface area (TPSA) is 35.9 Å². The van der Waals surface area contributed by atoms with Crippen LogP contribution < -0.4 is 9.91 Å². The van der Waals surface area contributed by atoms with Crippen LogP contribution >= 0.6 is 11.6 Å². The number of hydrogen-bond acceptors (Lipinski definition) is 3. The molecule has 4 nitrogen and oxygen atoms in total. The van der Waals surface area contributed by atoms with E-state index in [0.29, 0.717) is 12.3 Å². The zero-order valence-corrected chi connectivity index (χ0v) is 20.1. The molecule has 0 N–H and O–H groups in total. The Morgan fingerprint density at radius 1 is 1.03 bits per heavy atom. The average Bonchev–Trinajstić information content (AvgIpc) is 3.11. The van der Waals surface area contributed by atoms with Crippen LogP contribution in [0.25, 0.3) is 0 Å². The monoisotopic (exact) mass is 469 g/mol. The first-order chi connectivity index (χ1) is 16.6. The lowest BCUT2D eigenvalue weighted by Gasteiger charge is -2.52. The maximum atomic E-state index is 14.2. The van der Waals surface area contributed by atoms with Gasteiger partial charge in [0, 0.05) is 23.3 Å². The molecular weight excluding hydrogens is 442 g/mol. The van der Waals surface area contributed by atoms with E-state index in [1.54, 1.807) is 5.01 Å². The number of halogens is 1. The van der Waals surface area contributed by atoms with Gasteiger partial charge in [0.25, 0.3) is 5.91 Å². The number of carbonyl (C=O) groups excluding carboxylic acids is 1. The van der Waals surface area contributed by atoms with Gasteiger partial charge in [-0.15, -0.1) is 0 Å². The fraction of sp³-hybridized carbons (Fsp3) is 0.310. The predicted molar refractivity (Wildman–Crippen MR) is 139 cm³/mol. The Bertz CT molecular complexity index is 1260. The molecule has 1 spiro atoms. The van der Waals surface area contributed by atoms with Crippen molar-refractivity contribution in [1.29, 1.82) is 0 Å². The van der Waals surface area contributed by atoms with E-state index in [0.717, 1.165) is 42.2 Å². The van der Waals surface area contributed by atoms with Crippen LogP contribution in [0.15, 0.2) is 84.0 Å². The Balaban J connectivity index is 1.41. The van der Waals surface area contributed by atoms with Gasteiger partial charge in [-0.25, -0.2) is 0 Å². The van der Waals surface area contributed by atoms with Gasteiger partial charge in [0.1, 0.15) is 5.41 Å². The molecule has 3 aliphatic rings. The van der Waals surface area contributed by atoms with Crippen molar-refractivity contribution in [2.75, 3.05) is 16.5 Å². The van der Waals surface area contributed by atoms with Crippen LogP contribution in [-0.2, 0) is 17.6 Å². The molecule has 3 heterocycles. The highest BCUT2D eigenvalue weighted by molar-refractivity contribution is 6.31. The van der Waals surface area contributed by atoms with Crippen LogP contribution in [0.5, 0.6) is 0 Å². The molecule has 1 saturated heterocycles. The molecule has 0 saturated carbocycles. The van der Waals surface area contributed by atoms with E-state index in [1.165, 1.54) is 16.8 Å². The summed E-state index contributed by atoms with van der Waals surface area (Å²) in [4.78, 5) is 16.7. The van der Waals surface area contributed by atoms with Crippen LogP contribution in [0.2, 0.25) is 5.02 Å². The van der Waals surface area contributed by atoms with E-state index in [-0.39, 0.29) is 11.9 Å².